The average molecular weight is 421 g/mol. The van der Waals surface area contributed by atoms with Gasteiger partial charge in [0, 0.05) is 13.1 Å². The van der Waals surface area contributed by atoms with E-state index in [9.17, 15) is 9.59 Å². The fourth-order valence-corrected chi connectivity index (χ4v) is 3.96. The van der Waals surface area contributed by atoms with Crippen molar-refractivity contribution in [3.8, 4) is 11.4 Å². The molecule has 7 heteroatoms. The third-order valence-corrected chi connectivity index (χ3v) is 5.79. The molecule has 1 fully saturated rings. The number of fused-ring (bicyclic) bond motifs is 1. The quantitative estimate of drug-likeness (QED) is 0.685. The zero-order valence-corrected chi connectivity index (χ0v) is 18.0. The summed E-state index contributed by atoms with van der Waals surface area (Å²) in [5.41, 5.74) is 7.06. The van der Waals surface area contributed by atoms with Crippen LogP contribution in [0.15, 0.2) is 53.3 Å². The maximum absolute atomic E-state index is 13.5. The Labute approximate surface area is 181 Å². The molecule has 1 aliphatic heterocycles. The lowest BCUT2D eigenvalue weighted by atomic mass is 9.99. The smallest absolute Gasteiger partial charge is 0.269 e. The summed E-state index contributed by atoms with van der Waals surface area (Å²) < 4.78 is 7.38. The third kappa shape index (κ3) is 4.32. The third-order valence-electron chi connectivity index (χ3n) is 5.79. The van der Waals surface area contributed by atoms with Gasteiger partial charge in [-0.15, -0.1) is 0 Å². The molecular weight excluding hydrogens is 392 g/mol. The van der Waals surface area contributed by atoms with E-state index in [1.54, 1.807) is 25.1 Å². The summed E-state index contributed by atoms with van der Waals surface area (Å²) in [6.07, 6.45) is 2.01. The minimum absolute atomic E-state index is 0.0625. The zero-order chi connectivity index (χ0) is 22.0. The predicted molar refractivity (Wildman–Crippen MR) is 120 cm³/mol. The molecule has 1 amide bonds. The van der Waals surface area contributed by atoms with Crippen LogP contribution in [0.1, 0.15) is 38.6 Å². The highest BCUT2D eigenvalue weighted by Gasteiger charge is 2.22. The van der Waals surface area contributed by atoms with E-state index < -0.39 is 6.04 Å². The van der Waals surface area contributed by atoms with Crippen molar-refractivity contribution in [2.24, 2.45) is 11.7 Å². The molecule has 0 saturated carbocycles. The standard InChI is InChI=1S/C24H28N4O3/c1-16-11-13-27(14-12-16)21(29)15-31-20-10-6-9-19-22(20)24(30)28(23(26-19)17(2)25)18-7-4-3-5-8-18/h3-10,16-17H,11-15,25H2,1-2H3. The molecule has 7 nitrogen and oxygen atoms in total. The molecule has 0 radical (unpaired) electrons. The molecule has 31 heavy (non-hydrogen) atoms. The van der Waals surface area contributed by atoms with E-state index in [0.29, 0.717) is 34.1 Å². The molecule has 2 aromatic carbocycles. The largest absolute Gasteiger partial charge is 0.483 e. The number of nitrogens with two attached hydrogens (primary N) is 1. The van der Waals surface area contributed by atoms with Gasteiger partial charge in [-0.2, -0.15) is 0 Å². The van der Waals surface area contributed by atoms with Crippen molar-refractivity contribution in [1.29, 1.82) is 0 Å². The van der Waals surface area contributed by atoms with Crippen LogP contribution in [0.4, 0.5) is 0 Å². The van der Waals surface area contributed by atoms with Gasteiger partial charge in [0.15, 0.2) is 6.61 Å². The van der Waals surface area contributed by atoms with Gasteiger partial charge in [-0.05, 0) is 49.9 Å². The molecule has 4 rings (SSSR count). The Balaban J connectivity index is 1.70. The molecule has 1 aromatic heterocycles. The van der Waals surface area contributed by atoms with Crippen LogP contribution in [-0.4, -0.2) is 40.1 Å². The Morgan fingerprint density at radius 3 is 2.55 bits per heavy atom. The van der Waals surface area contributed by atoms with E-state index in [-0.39, 0.29) is 18.1 Å². The summed E-state index contributed by atoms with van der Waals surface area (Å²) >= 11 is 0. The van der Waals surface area contributed by atoms with Crippen molar-refractivity contribution in [3.05, 3.63) is 64.7 Å². The van der Waals surface area contributed by atoms with Gasteiger partial charge in [-0.3, -0.25) is 14.2 Å². The highest BCUT2D eigenvalue weighted by molar-refractivity contribution is 5.85. The zero-order valence-electron chi connectivity index (χ0n) is 18.0. The summed E-state index contributed by atoms with van der Waals surface area (Å²) in [6, 6.07) is 14.1. The number of nitrogens with zero attached hydrogens (tertiary/aromatic N) is 3. The van der Waals surface area contributed by atoms with Gasteiger partial charge in [0.1, 0.15) is 17.0 Å². The molecule has 1 aliphatic rings. The van der Waals surface area contributed by atoms with Crippen molar-refractivity contribution < 1.29 is 9.53 Å². The van der Waals surface area contributed by atoms with E-state index in [2.05, 4.69) is 11.9 Å². The molecule has 1 saturated heterocycles. The van der Waals surface area contributed by atoms with Gasteiger partial charge in [-0.25, -0.2) is 4.98 Å². The highest BCUT2D eigenvalue weighted by Crippen LogP contribution is 2.24. The maximum atomic E-state index is 13.5. The predicted octanol–water partition coefficient (Wildman–Crippen LogP) is 3.04. The number of ether oxygens (including phenoxy) is 1. The van der Waals surface area contributed by atoms with Crippen molar-refractivity contribution in [1.82, 2.24) is 14.5 Å². The van der Waals surface area contributed by atoms with Crippen LogP contribution in [0.5, 0.6) is 5.75 Å². The number of hydrogen-bond acceptors (Lipinski definition) is 5. The maximum Gasteiger partial charge on any atom is 0.269 e. The molecule has 3 aromatic rings. The number of amides is 1. The Morgan fingerprint density at radius 1 is 1.16 bits per heavy atom. The Morgan fingerprint density at radius 2 is 1.87 bits per heavy atom. The first-order valence-electron chi connectivity index (χ1n) is 10.7. The Kier molecular flexibility index (Phi) is 6.04. The average Bonchev–Trinajstić information content (AvgIpc) is 2.78. The van der Waals surface area contributed by atoms with Crippen molar-refractivity contribution >= 4 is 16.8 Å². The van der Waals surface area contributed by atoms with Gasteiger partial charge in [0.25, 0.3) is 11.5 Å². The second-order valence-corrected chi connectivity index (χ2v) is 8.24. The number of rotatable bonds is 5. The number of piperidine rings is 1. The molecule has 1 unspecified atom stereocenters. The van der Waals surface area contributed by atoms with E-state index in [4.69, 9.17) is 10.5 Å². The first-order valence-corrected chi connectivity index (χ1v) is 10.7. The lowest BCUT2D eigenvalue weighted by molar-refractivity contribution is -0.134. The summed E-state index contributed by atoms with van der Waals surface area (Å²) in [7, 11) is 0. The van der Waals surface area contributed by atoms with Crippen molar-refractivity contribution in [2.75, 3.05) is 19.7 Å². The monoisotopic (exact) mass is 420 g/mol. The van der Waals surface area contributed by atoms with Gasteiger partial charge < -0.3 is 15.4 Å². The van der Waals surface area contributed by atoms with Crippen molar-refractivity contribution in [2.45, 2.75) is 32.7 Å². The number of benzene rings is 2. The van der Waals surface area contributed by atoms with Gasteiger partial charge in [0.05, 0.1) is 17.2 Å². The first-order chi connectivity index (χ1) is 15.0. The normalized spacial score (nSPS) is 15.8. The minimum atomic E-state index is -0.440. The van der Waals surface area contributed by atoms with E-state index in [1.165, 1.54) is 4.57 Å². The molecule has 162 valence electrons. The van der Waals surface area contributed by atoms with Crippen LogP contribution in [-0.2, 0) is 4.79 Å². The van der Waals surface area contributed by atoms with Crippen LogP contribution < -0.4 is 16.0 Å². The lowest BCUT2D eigenvalue weighted by Crippen LogP contribution is -2.40. The molecule has 0 aliphatic carbocycles. The molecule has 0 bridgehead atoms. The number of carbonyl (C=O) groups is 1. The lowest BCUT2D eigenvalue weighted by Gasteiger charge is -2.30. The molecule has 1 atom stereocenters. The fraction of sp³-hybridized carbons (Fsp3) is 0.375. The first kappa shape index (κ1) is 21.1. The van der Waals surface area contributed by atoms with Gasteiger partial charge >= 0.3 is 0 Å². The summed E-state index contributed by atoms with van der Waals surface area (Å²) in [4.78, 5) is 32.7. The van der Waals surface area contributed by atoms with Crippen LogP contribution in [0, 0.1) is 5.92 Å². The number of hydrogen-bond donors (Lipinski definition) is 1. The number of aromatic nitrogens is 2. The SMILES string of the molecule is CC1CCN(C(=O)COc2cccc3nc(C(C)N)n(-c4ccccc4)c(=O)c23)CC1. The highest BCUT2D eigenvalue weighted by atomic mass is 16.5. The van der Waals surface area contributed by atoms with Crippen LogP contribution in [0.3, 0.4) is 0 Å². The van der Waals surface area contributed by atoms with Gasteiger partial charge in [-0.1, -0.05) is 31.2 Å². The Bertz CT molecular complexity index is 1130. The van der Waals surface area contributed by atoms with Crippen molar-refractivity contribution in [3.63, 3.8) is 0 Å². The van der Waals surface area contributed by atoms with Crippen LogP contribution in [0.2, 0.25) is 0 Å². The van der Waals surface area contributed by atoms with E-state index in [0.717, 1.165) is 25.9 Å². The number of carbonyl (C=O) groups excluding carboxylic acids is 1. The number of para-hydroxylation sites is 1. The van der Waals surface area contributed by atoms with Crippen LogP contribution >= 0.6 is 0 Å². The summed E-state index contributed by atoms with van der Waals surface area (Å²) in [5.74, 6) is 1.41. The summed E-state index contributed by atoms with van der Waals surface area (Å²) in [6.45, 7) is 5.40. The van der Waals surface area contributed by atoms with E-state index >= 15 is 0 Å². The molecule has 0 spiro atoms. The molecule has 2 N–H and O–H groups in total. The van der Waals surface area contributed by atoms with Gasteiger partial charge in [0.2, 0.25) is 0 Å². The molecular formula is C24H28N4O3. The second-order valence-electron chi connectivity index (χ2n) is 8.24. The Hall–Kier alpha value is -3.19. The van der Waals surface area contributed by atoms with Crippen LogP contribution in [0.25, 0.3) is 16.6 Å². The second kappa shape index (κ2) is 8.89. The number of likely N-dealkylation sites (tertiary alicyclic amines) is 1. The van der Waals surface area contributed by atoms with E-state index in [1.807, 2.05) is 35.2 Å². The minimum Gasteiger partial charge on any atom is -0.483 e. The summed E-state index contributed by atoms with van der Waals surface area (Å²) in [5, 5.41) is 0.343. The fourth-order valence-electron chi connectivity index (χ4n) is 3.96. The topological polar surface area (TPSA) is 90.4 Å². The molecule has 2 heterocycles.